The predicted molar refractivity (Wildman–Crippen MR) is 59.0 cm³/mol. The van der Waals surface area contributed by atoms with Gasteiger partial charge in [0.15, 0.2) is 0 Å². The molecule has 0 amide bonds. The molecule has 0 aromatic heterocycles. The Kier molecular flexibility index (Phi) is 4.28. The lowest BCUT2D eigenvalue weighted by Gasteiger charge is -2.23. The van der Waals surface area contributed by atoms with Gasteiger partial charge in [-0.1, -0.05) is 37.1 Å². The van der Waals surface area contributed by atoms with Crippen molar-refractivity contribution in [2.24, 2.45) is 11.8 Å². The molecule has 0 heterocycles. The zero-order valence-electron chi connectivity index (χ0n) is 9.22. The molecule has 16 heavy (non-hydrogen) atoms. The van der Waals surface area contributed by atoms with Crippen LogP contribution in [0.15, 0.2) is 23.8 Å². The number of allylic oxidation sites excluding steroid dienone is 2. The lowest BCUT2D eigenvalue weighted by atomic mass is 9.80. The van der Waals surface area contributed by atoms with Crippen molar-refractivity contribution in [3.63, 3.8) is 0 Å². The standard InChI is InChI=1S/C12H16O4/c1-2-3-5-8-6-4-7-9(11(13)14)10(8)12(15)16/h4,6-7,9-10H,2-3,5H2,1H3,(H,13,14)(H,15,16). The summed E-state index contributed by atoms with van der Waals surface area (Å²) in [4.78, 5) is 22.1. The highest BCUT2D eigenvalue weighted by Crippen LogP contribution is 2.30. The SMILES string of the molecule is CCCCC1=CC=CC(C(=O)O)C1C(=O)O. The van der Waals surface area contributed by atoms with Crippen molar-refractivity contribution in [2.75, 3.05) is 0 Å². The first kappa shape index (κ1) is 12.5. The van der Waals surface area contributed by atoms with Gasteiger partial charge < -0.3 is 10.2 Å². The van der Waals surface area contributed by atoms with Crippen LogP contribution in [0.2, 0.25) is 0 Å². The van der Waals surface area contributed by atoms with Crippen LogP contribution in [-0.2, 0) is 9.59 Å². The summed E-state index contributed by atoms with van der Waals surface area (Å²) in [6, 6.07) is 0. The average molecular weight is 224 g/mol. The molecule has 0 bridgehead atoms. The topological polar surface area (TPSA) is 74.6 Å². The highest BCUT2D eigenvalue weighted by molar-refractivity contribution is 5.84. The fourth-order valence-corrected chi connectivity index (χ4v) is 1.90. The Hall–Kier alpha value is -1.58. The first-order valence-electron chi connectivity index (χ1n) is 5.40. The smallest absolute Gasteiger partial charge is 0.311 e. The second kappa shape index (κ2) is 5.49. The molecule has 2 unspecified atom stereocenters. The van der Waals surface area contributed by atoms with Gasteiger partial charge in [-0.2, -0.15) is 0 Å². The molecule has 0 aromatic rings. The van der Waals surface area contributed by atoms with Crippen molar-refractivity contribution in [3.05, 3.63) is 23.8 Å². The van der Waals surface area contributed by atoms with E-state index in [0.29, 0.717) is 12.0 Å². The highest BCUT2D eigenvalue weighted by atomic mass is 16.4. The molecule has 2 atom stereocenters. The maximum atomic E-state index is 11.1. The lowest BCUT2D eigenvalue weighted by Crippen LogP contribution is -2.31. The summed E-state index contributed by atoms with van der Waals surface area (Å²) in [5, 5.41) is 18.0. The maximum Gasteiger partial charge on any atom is 0.311 e. The minimum Gasteiger partial charge on any atom is -0.481 e. The zero-order chi connectivity index (χ0) is 12.1. The molecule has 0 fully saturated rings. The van der Waals surface area contributed by atoms with Gasteiger partial charge >= 0.3 is 11.9 Å². The molecule has 0 spiro atoms. The molecule has 2 N–H and O–H groups in total. The number of carboxylic acid groups (broad SMARTS) is 2. The third kappa shape index (κ3) is 2.72. The predicted octanol–water partition coefficient (Wildman–Crippen LogP) is 2.07. The summed E-state index contributed by atoms with van der Waals surface area (Å²) in [5.74, 6) is -3.98. The molecule has 1 aliphatic carbocycles. The number of hydrogen-bond donors (Lipinski definition) is 2. The molecule has 4 heteroatoms. The van der Waals surface area contributed by atoms with E-state index in [2.05, 4.69) is 0 Å². The molecule has 0 aromatic carbocycles. The monoisotopic (exact) mass is 224 g/mol. The van der Waals surface area contributed by atoms with Crippen molar-refractivity contribution < 1.29 is 19.8 Å². The van der Waals surface area contributed by atoms with Crippen LogP contribution >= 0.6 is 0 Å². The number of carboxylic acids is 2. The summed E-state index contributed by atoms with van der Waals surface area (Å²) < 4.78 is 0. The van der Waals surface area contributed by atoms with Gasteiger partial charge in [-0.3, -0.25) is 9.59 Å². The largest absolute Gasteiger partial charge is 0.481 e. The van der Waals surface area contributed by atoms with E-state index < -0.39 is 23.8 Å². The van der Waals surface area contributed by atoms with Crippen LogP contribution < -0.4 is 0 Å². The van der Waals surface area contributed by atoms with Crippen molar-refractivity contribution in [3.8, 4) is 0 Å². The van der Waals surface area contributed by atoms with Crippen LogP contribution in [0.1, 0.15) is 26.2 Å². The Morgan fingerprint density at radius 2 is 2.00 bits per heavy atom. The molecular weight excluding hydrogens is 208 g/mol. The van der Waals surface area contributed by atoms with Crippen LogP contribution in [0.4, 0.5) is 0 Å². The van der Waals surface area contributed by atoms with E-state index in [1.54, 1.807) is 12.2 Å². The Morgan fingerprint density at radius 3 is 2.50 bits per heavy atom. The van der Waals surface area contributed by atoms with Gasteiger partial charge in [-0.15, -0.1) is 0 Å². The van der Waals surface area contributed by atoms with Gasteiger partial charge in [-0.25, -0.2) is 0 Å². The van der Waals surface area contributed by atoms with Gasteiger partial charge in [0.05, 0.1) is 11.8 Å². The van der Waals surface area contributed by atoms with Crippen LogP contribution in [0.25, 0.3) is 0 Å². The first-order valence-corrected chi connectivity index (χ1v) is 5.40. The van der Waals surface area contributed by atoms with Crippen molar-refractivity contribution in [1.82, 2.24) is 0 Å². The molecule has 88 valence electrons. The van der Waals surface area contributed by atoms with E-state index >= 15 is 0 Å². The fraction of sp³-hybridized carbons (Fsp3) is 0.500. The summed E-state index contributed by atoms with van der Waals surface area (Å²) in [6.07, 6.45) is 7.32. The van der Waals surface area contributed by atoms with E-state index in [0.717, 1.165) is 12.8 Å². The number of carbonyl (C=O) groups is 2. The summed E-state index contributed by atoms with van der Waals surface area (Å²) >= 11 is 0. The summed E-state index contributed by atoms with van der Waals surface area (Å²) in [7, 11) is 0. The third-order valence-electron chi connectivity index (χ3n) is 2.76. The minimum atomic E-state index is -1.08. The Bertz CT molecular complexity index is 341. The van der Waals surface area contributed by atoms with Crippen LogP contribution in [-0.4, -0.2) is 22.2 Å². The van der Waals surface area contributed by atoms with E-state index in [-0.39, 0.29) is 0 Å². The lowest BCUT2D eigenvalue weighted by molar-refractivity contribution is -0.150. The summed E-state index contributed by atoms with van der Waals surface area (Å²) in [5.41, 5.74) is 0.712. The molecule has 0 saturated heterocycles. The van der Waals surface area contributed by atoms with Crippen molar-refractivity contribution in [1.29, 1.82) is 0 Å². The Labute approximate surface area is 94.3 Å². The fourth-order valence-electron chi connectivity index (χ4n) is 1.90. The van der Waals surface area contributed by atoms with Gasteiger partial charge in [0.25, 0.3) is 0 Å². The van der Waals surface area contributed by atoms with Crippen LogP contribution in [0.5, 0.6) is 0 Å². The molecular formula is C12H16O4. The van der Waals surface area contributed by atoms with E-state index in [1.165, 1.54) is 6.08 Å². The number of aliphatic carboxylic acids is 2. The molecule has 4 nitrogen and oxygen atoms in total. The van der Waals surface area contributed by atoms with Gasteiger partial charge in [0, 0.05) is 0 Å². The van der Waals surface area contributed by atoms with Crippen molar-refractivity contribution >= 4 is 11.9 Å². The summed E-state index contributed by atoms with van der Waals surface area (Å²) in [6.45, 7) is 2.02. The third-order valence-corrected chi connectivity index (χ3v) is 2.76. The highest BCUT2D eigenvalue weighted by Gasteiger charge is 2.35. The normalized spacial score (nSPS) is 23.9. The molecule has 0 saturated carbocycles. The van der Waals surface area contributed by atoms with E-state index in [9.17, 15) is 9.59 Å². The molecule has 0 aliphatic heterocycles. The van der Waals surface area contributed by atoms with Gasteiger partial charge in [0.1, 0.15) is 0 Å². The van der Waals surface area contributed by atoms with Crippen molar-refractivity contribution in [2.45, 2.75) is 26.2 Å². The second-order valence-electron chi connectivity index (χ2n) is 3.91. The van der Waals surface area contributed by atoms with Crippen LogP contribution in [0, 0.1) is 11.8 Å². The molecule has 0 radical (unpaired) electrons. The van der Waals surface area contributed by atoms with E-state index in [4.69, 9.17) is 10.2 Å². The van der Waals surface area contributed by atoms with Gasteiger partial charge in [-0.05, 0) is 12.8 Å². The minimum absolute atomic E-state index is 0.654. The van der Waals surface area contributed by atoms with Crippen LogP contribution in [0.3, 0.4) is 0 Å². The first-order chi connectivity index (χ1) is 7.57. The Morgan fingerprint density at radius 1 is 1.31 bits per heavy atom. The second-order valence-corrected chi connectivity index (χ2v) is 3.91. The zero-order valence-corrected chi connectivity index (χ0v) is 9.22. The number of unbranched alkanes of at least 4 members (excludes halogenated alkanes) is 1. The quantitative estimate of drug-likeness (QED) is 0.749. The molecule has 1 rings (SSSR count). The molecule has 1 aliphatic rings. The number of rotatable bonds is 5. The number of hydrogen-bond acceptors (Lipinski definition) is 2. The van der Waals surface area contributed by atoms with E-state index in [1.807, 2.05) is 6.92 Å². The van der Waals surface area contributed by atoms with Gasteiger partial charge in [0.2, 0.25) is 0 Å². The maximum absolute atomic E-state index is 11.1. The average Bonchev–Trinajstić information content (AvgIpc) is 2.25. The Balaban J connectivity index is 2.89.